The van der Waals surface area contributed by atoms with E-state index in [1.807, 2.05) is 18.2 Å². The van der Waals surface area contributed by atoms with Crippen LogP contribution in [0.5, 0.6) is 0 Å². The highest BCUT2D eigenvalue weighted by Gasteiger charge is 2.60. The van der Waals surface area contributed by atoms with E-state index in [9.17, 15) is 18.3 Å². The van der Waals surface area contributed by atoms with Gasteiger partial charge < -0.3 is 15.3 Å². The number of aliphatic hydroxyl groups is 1. The molecule has 1 aliphatic heterocycles. The normalized spacial score (nSPS) is 20.1. The van der Waals surface area contributed by atoms with Gasteiger partial charge in [0.25, 0.3) is 0 Å². The van der Waals surface area contributed by atoms with Crippen molar-refractivity contribution < 1.29 is 23.1 Å². The minimum absolute atomic E-state index is 0.0467. The third-order valence-electron chi connectivity index (χ3n) is 3.80. The molecule has 2 aromatic carbocycles. The van der Waals surface area contributed by atoms with E-state index in [1.165, 1.54) is 0 Å². The molecule has 4 nitrogen and oxygen atoms in total. The number of alkyl halides is 3. The Hall–Kier alpha value is -2.25. The lowest BCUT2D eigenvalue weighted by atomic mass is 10.0. The van der Waals surface area contributed by atoms with Gasteiger partial charge in [0, 0.05) is 6.54 Å². The predicted octanol–water partition coefficient (Wildman–Crippen LogP) is 4.33. The van der Waals surface area contributed by atoms with Crippen LogP contribution < -0.4 is 5.32 Å². The number of nitrogens with zero attached hydrogens (tertiary/aromatic N) is 1. The quantitative estimate of drug-likeness (QED) is 0.842. The van der Waals surface area contributed by atoms with Crippen molar-refractivity contribution in [3.05, 3.63) is 64.7 Å². The first-order chi connectivity index (χ1) is 11.8. The number of hydrogen-bond donors (Lipinski definition) is 2. The Morgan fingerprint density at radius 3 is 2.44 bits per heavy atom. The molecule has 0 saturated heterocycles. The van der Waals surface area contributed by atoms with Gasteiger partial charge in [0.2, 0.25) is 0 Å². The zero-order valence-electron chi connectivity index (χ0n) is 12.8. The minimum Gasteiger partial charge on any atom is -0.380 e. The maximum absolute atomic E-state index is 12.7. The first-order valence-electron chi connectivity index (χ1n) is 7.40. The summed E-state index contributed by atoms with van der Waals surface area (Å²) in [6.07, 6.45) is -5.65. The molecular formula is C17H14ClF3N2O2. The van der Waals surface area contributed by atoms with Crippen LogP contribution in [0, 0.1) is 0 Å². The second-order valence-corrected chi connectivity index (χ2v) is 6.03. The molecule has 0 bridgehead atoms. The number of halogens is 4. The van der Waals surface area contributed by atoms with E-state index in [1.54, 1.807) is 30.3 Å². The van der Waals surface area contributed by atoms with Gasteiger partial charge >= 0.3 is 12.0 Å². The van der Waals surface area contributed by atoms with Gasteiger partial charge in [0.05, 0.1) is 22.8 Å². The molecule has 2 N–H and O–H groups in total. The fourth-order valence-electron chi connectivity index (χ4n) is 2.35. The number of rotatable bonds is 4. The summed E-state index contributed by atoms with van der Waals surface area (Å²) < 4.78 is 38.2. The first kappa shape index (κ1) is 17.6. The van der Waals surface area contributed by atoms with Gasteiger partial charge in [-0.05, 0) is 23.3 Å². The van der Waals surface area contributed by atoms with E-state index < -0.39 is 18.4 Å². The van der Waals surface area contributed by atoms with Gasteiger partial charge in [-0.2, -0.15) is 13.2 Å². The van der Waals surface area contributed by atoms with Crippen molar-refractivity contribution in [3.8, 4) is 0 Å². The largest absolute Gasteiger partial charge is 0.458 e. The topological polar surface area (TPSA) is 53.8 Å². The van der Waals surface area contributed by atoms with Gasteiger partial charge in [0.1, 0.15) is 0 Å². The molecule has 1 atom stereocenters. The average Bonchev–Trinajstić information content (AvgIpc) is 2.98. The maximum atomic E-state index is 12.7. The van der Waals surface area contributed by atoms with Gasteiger partial charge in [-0.1, -0.05) is 53.2 Å². The third-order valence-corrected chi connectivity index (χ3v) is 4.13. The number of anilines is 1. The fourth-order valence-corrected chi connectivity index (χ4v) is 2.55. The molecule has 1 aliphatic rings. The standard InChI is InChI=1S/C17H14ClF3N2O2/c18-13-3-1-2-4-14(13)22-10-11-5-7-12(8-6-11)15-9-16(24,25-23-15)17(19,20)21/h1-8,22,24H,9-10H2. The molecule has 0 radical (unpaired) electrons. The molecule has 0 spiro atoms. The molecule has 1 heterocycles. The van der Waals surface area contributed by atoms with Crippen LogP contribution in [0.25, 0.3) is 0 Å². The number of oxime groups is 1. The highest BCUT2D eigenvalue weighted by Crippen LogP contribution is 2.38. The second-order valence-electron chi connectivity index (χ2n) is 5.62. The van der Waals surface area contributed by atoms with Crippen LogP contribution in [0.4, 0.5) is 18.9 Å². The maximum Gasteiger partial charge on any atom is 0.458 e. The number of para-hydroxylation sites is 1. The monoisotopic (exact) mass is 370 g/mol. The van der Waals surface area contributed by atoms with Crippen LogP contribution in [-0.2, 0) is 11.4 Å². The Kier molecular flexibility index (Phi) is 4.62. The lowest BCUT2D eigenvalue weighted by molar-refractivity contribution is -0.355. The Morgan fingerprint density at radius 2 is 1.84 bits per heavy atom. The Morgan fingerprint density at radius 1 is 1.16 bits per heavy atom. The van der Waals surface area contributed by atoms with Crippen molar-refractivity contribution in [3.63, 3.8) is 0 Å². The van der Waals surface area contributed by atoms with Crippen molar-refractivity contribution in [2.45, 2.75) is 24.9 Å². The Labute approximate surface area is 146 Å². The highest BCUT2D eigenvalue weighted by atomic mass is 35.5. The van der Waals surface area contributed by atoms with Crippen molar-refractivity contribution in [2.24, 2.45) is 5.16 Å². The van der Waals surface area contributed by atoms with Gasteiger partial charge in [-0.25, -0.2) is 0 Å². The molecule has 25 heavy (non-hydrogen) atoms. The molecular weight excluding hydrogens is 357 g/mol. The van der Waals surface area contributed by atoms with Crippen molar-refractivity contribution in [1.82, 2.24) is 0 Å². The average molecular weight is 371 g/mol. The lowest BCUT2D eigenvalue weighted by Crippen LogP contribution is -2.45. The fraction of sp³-hybridized carbons (Fsp3) is 0.235. The molecule has 3 rings (SSSR count). The summed E-state index contributed by atoms with van der Waals surface area (Å²) in [5, 5.41) is 16.6. The molecule has 1 unspecified atom stereocenters. The number of benzene rings is 2. The van der Waals surface area contributed by atoms with E-state index in [0.29, 0.717) is 17.1 Å². The van der Waals surface area contributed by atoms with Crippen LogP contribution in [0.1, 0.15) is 17.5 Å². The van der Waals surface area contributed by atoms with Gasteiger partial charge in [-0.15, -0.1) is 0 Å². The van der Waals surface area contributed by atoms with Crippen molar-refractivity contribution in [2.75, 3.05) is 5.32 Å². The summed E-state index contributed by atoms with van der Waals surface area (Å²) in [5.41, 5.74) is 2.21. The summed E-state index contributed by atoms with van der Waals surface area (Å²) in [6, 6.07) is 14.1. The minimum atomic E-state index is -4.91. The SMILES string of the molecule is OC1(C(F)(F)F)CC(c2ccc(CNc3ccccc3Cl)cc2)=NO1. The first-order valence-corrected chi connectivity index (χ1v) is 7.78. The molecule has 0 amide bonds. The highest BCUT2D eigenvalue weighted by molar-refractivity contribution is 6.33. The number of nitrogens with one attached hydrogen (secondary N) is 1. The van der Waals surface area contributed by atoms with E-state index in [2.05, 4.69) is 15.3 Å². The molecule has 0 saturated carbocycles. The van der Waals surface area contributed by atoms with Crippen LogP contribution in [-0.4, -0.2) is 22.8 Å². The molecule has 0 fully saturated rings. The lowest BCUT2D eigenvalue weighted by Gasteiger charge is -2.22. The summed E-state index contributed by atoms with van der Waals surface area (Å²) in [4.78, 5) is 4.21. The van der Waals surface area contributed by atoms with Crippen LogP contribution in [0.15, 0.2) is 53.7 Å². The summed E-state index contributed by atoms with van der Waals surface area (Å²) in [7, 11) is 0. The summed E-state index contributed by atoms with van der Waals surface area (Å²) in [6.45, 7) is 0.499. The van der Waals surface area contributed by atoms with E-state index in [0.717, 1.165) is 11.3 Å². The predicted molar refractivity (Wildman–Crippen MR) is 88.5 cm³/mol. The van der Waals surface area contributed by atoms with Crippen molar-refractivity contribution >= 4 is 23.0 Å². The second kappa shape index (κ2) is 6.57. The summed E-state index contributed by atoms with van der Waals surface area (Å²) >= 11 is 6.06. The summed E-state index contributed by atoms with van der Waals surface area (Å²) in [5.74, 6) is -3.26. The van der Waals surface area contributed by atoms with E-state index in [4.69, 9.17) is 11.6 Å². The molecule has 0 aliphatic carbocycles. The van der Waals surface area contributed by atoms with E-state index >= 15 is 0 Å². The zero-order chi connectivity index (χ0) is 18.1. The number of hydrogen-bond acceptors (Lipinski definition) is 4. The van der Waals surface area contributed by atoms with E-state index in [-0.39, 0.29) is 5.71 Å². The smallest absolute Gasteiger partial charge is 0.380 e. The molecule has 0 aromatic heterocycles. The molecule has 8 heteroatoms. The molecule has 2 aromatic rings. The third kappa shape index (κ3) is 3.72. The van der Waals surface area contributed by atoms with Crippen LogP contribution >= 0.6 is 11.6 Å². The molecule has 132 valence electrons. The van der Waals surface area contributed by atoms with Crippen molar-refractivity contribution in [1.29, 1.82) is 0 Å². The zero-order valence-corrected chi connectivity index (χ0v) is 13.6. The van der Waals surface area contributed by atoms with Crippen LogP contribution in [0.3, 0.4) is 0 Å². The Bertz CT molecular complexity index is 793. The van der Waals surface area contributed by atoms with Gasteiger partial charge in [-0.3, -0.25) is 0 Å². The van der Waals surface area contributed by atoms with Crippen LogP contribution in [0.2, 0.25) is 5.02 Å². The Balaban J connectivity index is 1.64. The van der Waals surface area contributed by atoms with Gasteiger partial charge in [0.15, 0.2) is 0 Å².